The average Bonchev–Trinajstić information content (AvgIpc) is 3.53. The molecular weight excluding hydrogens is 408 g/mol. The Labute approximate surface area is 184 Å². The maximum absolute atomic E-state index is 4.71. The highest BCUT2D eigenvalue weighted by Crippen LogP contribution is 2.17. The molecule has 2 atom stereocenters. The van der Waals surface area contributed by atoms with Gasteiger partial charge >= 0.3 is 0 Å². The molecule has 5 rings (SSSR count). The maximum atomic E-state index is 4.71. The molecule has 32 heavy (non-hydrogen) atoms. The van der Waals surface area contributed by atoms with Crippen molar-refractivity contribution in [3.8, 4) is 0 Å². The van der Waals surface area contributed by atoms with Gasteiger partial charge in [0.1, 0.15) is 0 Å². The number of benzene rings is 1. The SMILES string of the molecule is CC[C@H](Cn1ncnn1)N1C=Nc2cc3c(cc2=C1)N=CN([C@H](CC)Cn1ncnn1)C=3. The first-order valence-electron chi connectivity index (χ1n) is 10.7. The first-order valence-corrected chi connectivity index (χ1v) is 10.7. The fraction of sp³-hybridized carbons (Fsp3) is 0.400. The first kappa shape index (κ1) is 20.0. The second kappa shape index (κ2) is 8.65. The molecule has 0 radical (unpaired) electrons. The molecule has 0 unspecified atom stereocenters. The van der Waals surface area contributed by atoms with Crippen molar-refractivity contribution in [3.63, 3.8) is 0 Å². The lowest BCUT2D eigenvalue weighted by molar-refractivity contribution is 0.333. The van der Waals surface area contributed by atoms with Gasteiger partial charge in [0.25, 0.3) is 0 Å². The molecule has 2 aromatic heterocycles. The zero-order chi connectivity index (χ0) is 21.9. The van der Waals surface area contributed by atoms with E-state index in [0.29, 0.717) is 13.1 Å². The van der Waals surface area contributed by atoms with Crippen LogP contribution in [-0.2, 0) is 13.1 Å². The summed E-state index contributed by atoms with van der Waals surface area (Å²) in [6, 6.07) is 4.52. The lowest BCUT2D eigenvalue weighted by Crippen LogP contribution is -2.38. The van der Waals surface area contributed by atoms with Gasteiger partial charge in [0.15, 0.2) is 12.7 Å². The Bertz CT molecular complexity index is 1130. The maximum Gasteiger partial charge on any atom is 0.162 e. The van der Waals surface area contributed by atoms with Crippen LogP contribution in [0.5, 0.6) is 0 Å². The number of hydrogen-bond donors (Lipinski definition) is 0. The van der Waals surface area contributed by atoms with Crippen LogP contribution >= 0.6 is 0 Å². The molecule has 0 aliphatic carbocycles. The van der Waals surface area contributed by atoms with E-state index < -0.39 is 0 Å². The molecule has 12 nitrogen and oxygen atoms in total. The van der Waals surface area contributed by atoms with E-state index in [1.807, 2.05) is 12.7 Å². The van der Waals surface area contributed by atoms with E-state index in [9.17, 15) is 0 Å². The Balaban J connectivity index is 1.40. The van der Waals surface area contributed by atoms with Crippen LogP contribution in [0, 0.1) is 0 Å². The smallest absolute Gasteiger partial charge is 0.162 e. The molecule has 4 heterocycles. The summed E-state index contributed by atoms with van der Waals surface area (Å²) in [7, 11) is 0. The fourth-order valence-corrected chi connectivity index (χ4v) is 3.87. The van der Waals surface area contributed by atoms with Gasteiger partial charge in [-0.2, -0.15) is 9.59 Å². The monoisotopic (exact) mass is 432 g/mol. The van der Waals surface area contributed by atoms with Crippen molar-refractivity contribution in [1.82, 2.24) is 50.2 Å². The second-order valence-electron chi connectivity index (χ2n) is 7.72. The number of hydrogen-bond acceptors (Lipinski definition) is 10. The summed E-state index contributed by atoms with van der Waals surface area (Å²) in [5, 5.41) is 25.9. The van der Waals surface area contributed by atoms with E-state index in [2.05, 4.69) is 79.0 Å². The van der Waals surface area contributed by atoms with Crippen molar-refractivity contribution >= 4 is 36.5 Å². The molecule has 2 aliphatic rings. The number of aliphatic imine (C=N–C) groups is 2. The van der Waals surface area contributed by atoms with Gasteiger partial charge in [-0.25, -0.2) is 9.98 Å². The van der Waals surface area contributed by atoms with Gasteiger partial charge in [-0.3, -0.25) is 0 Å². The molecule has 0 saturated heterocycles. The molecule has 12 heteroatoms. The number of rotatable bonds is 8. The highest BCUT2D eigenvalue weighted by atomic mass is 15.6. The molecule has 1 aromatic carbocycles. The van der Waals surface area contributed by atoms with E-state index in [-0.39, 0.29) is 12.1 Å². The third-order valence-electron chi connectivity index (χ3n) is 5.73. The zero-order valence-electron chi connectivity index (χ0n) is 18.0. The number of fused-ring (bicyclic) bond motifs is 2. The predicted molar refractivity (Wildman–Crippen MR) is 118 cm³/mol. The molecule has 3 aromatic rings. The fourth-order valence-electron chi connectivity index (χ4n) is 3.87. The lowest BCUT2D eigenvalue weighted by atomic mass is 10.1. The summed E-state index contributed by atoms with van der Waals surface area (Å²) in [5.41, 5.74) is 1.85. The molecule has 0 bridgehead atoms. The zero-order valence-corrected chi connectivity index (χ0v) is 18.0. The van der Waals surface area contributed by atoms with E-state index >= 15 is 0 Å². The second-order valence-corrected chi connectivity index (χ2v) is 7.72. The van der Waals surface area contributed by atoms with Gasteiger partial charge in [-0.15, -0.1) is 20.4 Å². The van der Waals surface area contributed by atoms with Crippen LogP contribution in [-0.4, -0.2) is 75.0 Å². The summed E-state index contributed by atoms with van der Waals surface area (Å²) < 4.78 is 0. The number of tetrazole rings is 2. The van der Waals surface area contributed by atoms with Gasteiger partial charge < -0.3 is 9.80 Å². The molecule has 164 valence electrons. The van der Waals surface area contributed by atoms with Gasteiger partial charge in [0.05, 0.1) is 49.2 Å². The number of nitrogens with zero attached hydrogens (tertiary/aromatic N) is 12. The van der Waals surface area contributed by atoms with Crippen molar-refractivity contribution in [2.24, 2.45) is 9.98 Å². The number of aromatic nitrogens is 8. The first-order chi connectivity index (χ1) is 15.7. The average molecular weight is 432 g/mol. The minimum Gasteiger partial charge on any atom is -0.333 e. The predicted octanol–water partition coefficient (Wildman–Crippen LogP) is 0.0440. The highest BCUT2D eigenvalue weighted by molar-refractivity contribution is 5.76. The summed E-state index contributed by atoms with van der Waals surface area (Å²) in [5.74, 6) is 0. The summed E-state index contributed by atoms with van der Waals surface area (Å²) in [6.45, 7) is 5.55. The minimum absolute atomic E-state index is 0.179. The van der Waals surface area contributed by atoms with Gasteiger partial charge in [0, 0.05) is 22.8 Å². The van der Waals surface area contributed by atoms with Crippen molar-refractivity contribution in [1.29, 1.82) is 0 Å². The van der Waals surface area contributed by atoms with E-state index in [0.717, 1.165) is 34.7 Å². The van der Waals surface area contributed by atoms with Crippen molar-refractivity contribution in [3.05, 3.63) is 35.2 Å². The third-order valence-corrected chi connectivity index (χ3v) is 5.73. The lowest BCUT2D eigenvalue weighted by Gasteiger charge is -2.28. The van der Waals surface area contributed by atoms with Crippen molar-refractivity contribution in [2.45, 2.75) is 51.9 Å². The normalized spacial score (nSPS) is 16.2. The summed E-state index contributed by atoms with van der Waals surface area (Å²) >= 11 is 0. The Kier molecular flexibility index (Phi) is 5.40. The van der Waals surface area contributed by atoms with Crippen LogP contribution in [0.4, 0.5) is 11.4 Å². The molecule has 2 aliphatic heterocycles. The largest absolute Gasteiger partial charge is 0.333 e. The van der Waals surface area contributed by atoms with Gasteiger partial charge in [-0.05, 0) is 35.4 Å². The molecule has 0 amide bonds. The van der Waals surface area contributed by atoms with Crippen molar-refractivity contribution < 1.29 is 0 Å². The van der Waals surface area contributed by atoms with Crippen LogP contribution in [0.15, 0.2) is 34.8 Å². The quantitative estimate of drug-likeness (QED) is 0.490. The van der Waals surface area contributed by atoms with Crippen LogP contribution in [0.25, 0.3) is 12.4 Å². The van der Waals surface area contributed by atoms with Crippen LogP contribution in [0.2, 0.25) is 0 Å². The summed E-state index contributed by atoms with van der Waals surface area (Å²) in [6.07, 6.45) is 12.7. The summed E-state index contributed by atoms with van der Waals surface area (Å²) in [4.78, 5) is 16.8. The van der Waals surface area contributed by atoms with Crippen LogP contribution in [0.3, 0.4) is 0 Å². The molecular formula is C20H24N12. The van der Waals surface area contributed by atoms with Gasteiger partial charge in [-0.1, -0.05) is 13.8 Å². The topological polar surface area (TPSA) is 118 Å². The standard InChI is InChI=1S/C20H24N12/c1-3-17(9-31-25-11-23-27-31)29-7-15-5-20-16(6-19(15)21-13-29)8-30(14-22-20)18(4-2)10-32-26-12-24-28-32/h5-8,11-14,17-18H,3-4,9-10H2,1-2H3/t17-,18-/m1/s1. The highest BCUT2D eigenvalue weighted by Gasteiger charge is 2.19. The minimum atomic E-state index is 0.179. The van der Waals surface area contributed by atoms with Crippen molar-refractivity contribution in [2.75, 3.05) is 0 Å². The van der Waals surface area contributed by atoms with E-state index in [1.165, 1.54) is 12.7 Å². The van der Waals surface area contributed by atoms with E-state index in [4.69, 9.17) is 9.98 Å². The van der Waals surface area contributed by atoms with Gasteiger partial charge in [0.2, 0.25) is 0 Å². The van der Waals surface area contributed by atoms with Crippen LogP contribution in [0.1, 0.15) is 26.7 Å². The third kappa shape index (κ3) is 3.98. The molecule has 0 N–H and O–H groups in total. The molecule has 0 spiro atoms. The molecule has 0 fully saturated rings. The Morgan fingerprint density at radius 3 is 1.56 bits per heavy atom. The van der Waals surface area contributed by atoms with E-state index in [1.54, 1.807) is 9.59 Å². The molecule has 0 saturated carbocycles. The Morgan fingerprint density at radius 1 is 0.719 bits per heavy atom. The van der Waals surface area contributed by atoms with Crippen LogP contribution < -0.4 is 10.4 Å². The Morgan fingerprint density at radius 2 is 1.19 bits per heavy atom. The Hall–Kier alpha value is -3.96.